The molecule has 126 valence electrons. The zero-order chi connectivity index (χ0) is 16.9. The molecular formula is C17H22N6O. The van der Waals surface area contributed by atoms with Crippen LogP contribution in [0.2, 0.25) is 0 Å². The molecule has 1 saturated heterocycles. The molecule has 1 fully saturated rings. The van der Waals surface area contributed by atoms with Crippen LogP contribution in [0.25, 0.3) is 0 Å². The number of carbonyl (C=O) groups is 1. The molecule has 0 bridgehead atoms. The second-order valence-electron chi connectivity index (χ2n) is 5.99. The van der Waals surface area contributed by atoms with Gasteiger partial charge in [0.1, 0.15) is 17.3 Å². The van der Waals surface area contributed by atoms with Crippen molar-refractivity contribution in [3.05, 3.63) is 47.7 Å². The van der Waals surface area contributed by atoms with E-state index in [4.69, 9.17) is 0 Å². The Hall–Kier alpha value is -2.54. The lowest BCUT2D eigenvalue weighted by Gasteiger charge is -2.33. The average Bonchev–Trinajstić information content (AvgIpc) is 2.60. The van der Waals surface area contributed by atoms with Crippen molar-refractivity contribution in [3.8, 4) is 0 Å². The molecule has 0 aliphatic carbocycles. The number of rotatable bonds is 4. The zero-order valence-corrected chi connectivity index (χ0v) is 14.1. The number of nitrogens with zero attached hydrogens (tertiary/aromatic N) is 5. The van der Waals surface area contributed by atoms with Crippen molar-refractivity contribution in [1.29, 1.82) is 0 Å². The molecule has 24 heavy (non-hydrogen) atoms. The van der Waals surface area contributed by atoms with Crippen molar-refractivity contribution in [2.45, 2.75) is 13.5 Å². The number of pyridine rings is 1. The number of piperazine rings is 1. The fourth-order valence-corrected chi connectivity index (χ4v) is 2.64. The first-order valence-corrected chi connectivity index (χ1v) is 8.08. The highest BCUT2D eigenvalue weighted by atomic mass is 16.1. The fourth-order valence-electron chi connectivity index (χ4n) is 2.64. The molecule has 3 heterocycles. The topological polar surface area (TPSA) is 74.2 Å². The maximum absolute atomic E-state index is 12.4. The highest BCUT2D eigenvalue weighted by molar-refractivity contribution is 5.92. The van der Waals surface area contributed by atoms with Crippen LogP contribution in [0.1, 0.15) is 21.9 Å². The molecule has 0 unspecified atom stereocenters. The van der Waals surface area contributed by atoms with E-state index in [0.717, 1.165) is 37.6 Å². The first-order valence-electron chi connectivity index (χ1n) is 8.08. The summed E-state index contributed by atoms with van der Waals surface area (Å²) in [6, 6.07) is 5.53. The third-order valence-corrected chi connectivity index (χ3v) is 4.09. The van der Waals surface area contributed by atoms with Crippen molar-refractivity contribution in [2.75, 3.05) is 38.1 Å². The van der Waals surface area contributed by atoms with Gasteiger partial charge in [-0.05, 0) is 31.7 Å². The number of amides is 1. The van der Waals surface area contributed by atoms with Gasteiger partial charge in [-0.3, -0.25) is 9.78 Å². The number of carbonyl (C=O) groups excluding carboxylic acids is 1. The van der Waals surface area contributed by atoms with Gasteiger partial charge in [0.25, 0.3) is 5.91 Å². The molecule has 3 rings (SSSR count). The third kappa shape index (κ3) is 4.05. The van der Waals surface area contributed by atoms with E-state index in [1.54, 1.807) is 18.5 Å². The summed E-state index contributed by atoms with van der Waals surface area (Å²) in [5, 5.41) is 2.90. The van der Waals surface area contributed by atoms with Crippen molar-refractivity contribution in [1.82, 2.24) is 25.2 Å². The first kappa shape index (κ1) is 16.3. The van der Waals surface area contributed by atoms with Gasteiger partial charge in [-0.25, -0.2) is 9.97 Å². The minimum absolute atomic E-state index is 0.187. The molecule has 7 nitrogen and oxygen atoms in total. The van der Waals surface area contributed by atoms with E-state index in [1.807, 2.05) is 19.1 Å². The van der Waals surface area contributed by atoms with Gasteiger partial charge in [-0.1, -0.05) is 0 Å². The minimum Gasteiger partial charge on any atom is -0.354 e. The van der Waals surface area contributed by atoms with Crippen LogP contribution in [0.4, 0.5) is 5.82 Å². The molecule has 1 N–H and O–H groups in total. The minimum atomic E-state index is -0.187. The lowest BCUT2D eigenvalue weighted by atomic mass is 10.2. The quantitative estimate of drug-likeness (QED) is 0.898. The largest absolute Gasteiger partial charge is 0.354 e. The van der Waals surface area contributed by atoms with Gasteiger partial charge in [-0.15, -0.1) is 0 Å². The highest BCUT2D eigenvalue weighted by Crippen LogP contribution is 2.15. The Morgan fingerprint density at radius 2 is 1.88 bits per heavy atom. The van der Waals surface area contributed by atoms with Crippen LogP contribution < -0.4 is 10.2 Å². The Morgan fingerprint density at radius 1 is 1.17 bits per heavy atom. The molecule has 0 saturated carbocycles. The van der Waals surface area contributed by atoms with Gasteiger partial charge in [0, 0.05) is 51.2 Å². The van der Waals surface area contributed by atoms with Gasteiger partial charge in [0.05, 0.1) is 0 Å². The molecule has 0 atom stereocenters. The van der Waals surface area contributed by atoms with Crippen molar-refractivity contribution in [3.63, 3.8) is 0 Å². The number of likely N-dealkylation sites (N-methyl/N-ethyl adjacent to an activating group) is 1. The van der Waals surface area contributed by atoms with Crippen molar-refractivity contribution in [2.24, 2.45) is 0 Å². The Balaban J connectivity index is 1.69. The first-order chi connectivity index (χ1) is 11.6. The number of aromatic nitrogens is 3. The number of hydrogen-bond acceptors (Lipinski definition) is 6. The van der Waals surface area contributed by atoms with E-state index >= 15 is 0 Å². The van der Waals surface area contributed by atoms with Crippen LogP contribution in [0.5, 0.6) is 0 Å². The average molecular weight is 326 g/mol. The smallest absolute Gasteiger partial charge is 0.270 e. The molecule has 1 amide bonds. The monoisotopic (exact) mass is 326 g/mol. The van der Waals surface area contributed by atoms with Crippen molar-refractivity contribution >= 4 is 11.7 Å². The molecule has 0 radical (unpaired) electrons. The van der Waals surface area contributed by atoms with Gasteiger partial charge in [-0.2, -0.15) is 0 Å². The van der Waals surface area contributed by atoms with E-state index in [-0.39, 0.29) is 5.91 Å². The fraction of sp³-hybridized carbons (Fsp3) is 0.412. The van der Waals surface area contributed by atoms with Gasteiger partial charge < -0.3 is 15.1 Å². The van der Waals surface area contributed by atoms with E-state index in [9.17, 15) is 4.79 Å². The van der Waals surface area contributed by atoms with Gasteiger partial charge in [0.2, 0.25) is 0 Å². The summed E-state index contributed by atoms with van der Waals surface area (Å²) in [7, 11) is 2.11. The summed E-state index contributed by atoms with van der Waals surface area (Å²) in [5.74, 6) is 1.25. The van der Waals surface area contributed by atoms with Crippen LogP contribution >= 0.6 is 0 Å². The normalized spacial score (nSPS) is 15.3. The molecule has 0 aromatic carbocycles. The van der Waals surface area contributed by atoms with Gasteiger partial charge in [0.15, 0.2) is 0 Å². The number of anilines is 1. The molecule has 1 aliphatic rings. The Labute approximate surface area is 141 Å². The highest BCUT2D eigenvalue weighted by Gasteiger charge is 2.18. The number of nitrogens with one attached hydrogen (secondary N) is 1. The summed E-state index contributed by atoms with van der Waals surface area (Å²) < 4.78 is 0. The SMILES string of the molecule is Cc1nc(C(=O)NCc2ccncc2)cc(N2CCN(C)CC2)n1. The third-order valence-electron chi connectivity index (χ3n) is 4.09. The molecular weight excluding hydrogens is 304 g/mol. The lowest BCUT2D eigenvalue weighted by Crippen LogP contribution is -2.45. The standard InChI is InChI=1S/C17H22N6O/c1-13-20-15(17(24)19-12-14-3-5-18-6-4-14)11-16(21-13)23-9-7-22(2)8-10-23/h3-6,11H,7-10,12H2,1-2H3,(H,19,24). The molecule has 2 aromatic heterocycles. The maximum atomic E-state index is 12.4. The van der Waals surface area contributed by atoms with E-state index in [1.165, 1.54) is 0 Å². The molecule has 2 aromatic rings. The van der Waals surface area contributed by atoms with Crippen LogP contribution in [0.3, 0.4) is 0 Å². The van der Waals surface area contributed by atoms with Gasteiger partial charge >= 0.3 is 0 Å². The lowest BCUT2D eigenvalue weighted by molar-refractivity contribution is 0.0945. The zero-order valence-electron chi connectivity index (χ0n) is 14.1. The van der Waals surface area contributed by atoms with Crippen LogP contribution in [0, 0.1) is 6.92 Å². The summed E-state index contributed by atoms with van der Waals surface area (Å²) in [6.45, 7) is 6.07. The molecule has 0 spiro atoms. The number of hydrogen-bond donors (Lipinski definition) is 1. The Morgan fingerprint density at radius 3 is 2.58 bits per heavy atom. The second kappa shape index (κ2) is 7.35. The molecule has 7 heteroatoms. The predicted octanol–water partition coefficient (Wildman–Crippen LogP) is 0.862. The summed E-state index contributed by atoms with van der Waals surface area (Å²) >= 11 is 0. The van der Waals surface area contributed by atoms with Crippen LogP contribution in [0.15, 0.2) is 30.6 Å². The predicted molar refractivity (Wildman–Crippen MR) is 91.9 cm³/mol. The number of aryl methyl sites for hydroxylation is 1. The second-order valence-corrected chi connectivity index (χ2v) is 5.99. The van der Waals surface area contributed by atoms with E-state index < -0.39 is 0 Å². The molecule has 1 aliphatic heterocycles. The Kier molecular flexibility index (Phi) is 5.00. The van der Waals surface area contributed by atoms with Crippen LogP contribution in [-0.2, 0) is 6.54 Å². The van der Waals surface area contributed by atoms with E-state index in [2.05, 4.69) is 37.1 Å². The Bertz CT molecular complexity index is 697. The van der Waals surface area contributed by atoms with E-state index in [0.29, 0.717) is 18.1 Å². The maximum Gasteiger partial charge on any atom is 0.270 e. The van der Waals surface area contributed by atoms with Crippen molar-refractivity contribution < 1.29 is 4.79 Å². The summed E-state index contributed by atoms with van der Waals surface area (Å²) in [4.78, 5) is 29.6. The summed E-state index contributed by atoms with van der Waals surface area (Å²) in [5.41, 5.74) is 1.41. The van der Waals surface area contributed by atoms with Crippen LogP contribution in [-0.4, -0.2) is 59.0 Å². The summed E-state index contributed by atoms with van der Waals surface area (Å²) in [6.07, 6.45) is 3.42.